The maximum atomic E-state index is 13.3. The average Bonchev–Trinajstić information content (AvgIpc) is 2.25. The molecule has 0 aliphatic carbocycles. The Hall–Kier alpha value is -0.960. The Morgan fingerprint density at radius 3 is 2.87 bits per heavy atom. The summed E-state index contributed by atoms with van der Waals surface area (Å²) in [4.78, 5) is 5.97. The predicted octanol–water partition coefficient (Wildman–Crippen LogP) is 2.45. The molecule has 0 spiro atoms. The van der Waals surface area contributed by atoms with Crippen molar-refractivity contribution in [1.82, 2.24) is 9.88 Å². The first-order valence-corrected chi connectivity index (χ1v) is 5.57. The van der Waals surface area contributed by atoms with Gasteiger partial charge in [-0.15, -0.1) is 0 Å². The van der Waals surface area contributed by atoms with E-state index in [0.29, 0.717) is 12.1 Å². The molecule has 0 saturated carbocycles. The van der Waals surface area contributed by atoms with Gasteiger partial charge in [-0.25, -0.2) is 4.98 Å². The molecule has 0 unspecified atom stereocenters. The van der Waals surface area contributed by atoms with Gasteiger partial charge in [0, 0.05) is 18.3 Å². The third kappa shape index (κ3) is 2.75. The van der Waals surface area contributed by atoms with Crippen molar-refractivity contribution in [3.8, 4) is 0 Å². The van der Waals surface area contributed by atoms with Gasteiger partial charge in [0.25, 0.3) is 0 Å². The first-order valence-electron chi connectivity index (χ1n) is 5.57. The summed E-state index contributed by atoms with van der Waals surface area (Å²) in [6.45, 7) is 5.14. The molecule has 0 bridgehead atoms. The van der Waals surface area contributed by atoms with Crippen molar-refractivity contribution in [2.75, 3.05) is 13.1 Å². The van der Waals surface area contributed by atoms with Crippen molar-refractivity contribution in [2.24, 2.45) is 5.92 Å². The molecular weight excluding hydrogens is 191 g/mol. The van der Waals surface area contributed by atoms with Crippen LogP contribution in [0, 0.1) is 11.9 Å². The standard InChI is InChI=1S/C12H17FN2/c1-10-4-7-15(8-5-10)9-11-3-2-6-14-12(11)13/h2-3,6,10H,4-5,7-9H2,1H3. The fourth-order valence-corrected chi connectivity index (χ4v) is 2.00. The summed E-state index contributed by atoms with van der Waals surface area (Å²) in [5, 5.41) is 0. The summed E-state index contributed by atoms with van der Waals surface area (Å²) in [7, 11) is 0. The number of pyridine rings is 1. The smallest absolute Gasteiger partial charge is 0.217 e. The van der Waals surface area contributed by atoms with Gasteiger partial charge in [0.1, 0.15) is 0 Å². The molecule has 2 nitrogen and oxygen atoms in total. The van der Waals surface area contributed by atoms with Crippen LogP contribution in [0.15, 0.2) is 18.3 Å². The molecule has 0 N–H and O–H groups in total. The molecule has 0 amide bonds. The van der Waals surface area contributed by atoms with Crippen LogP contribution in [-0.2, 0) is 6.54 Å². The van der Waals surface area contributed by atoms with E-state index in [1.807, 2.05) is 6.07 Å². The summed E-state index contributed by atoms with van der Waals surface area (Å²) < 4.78 is 13.3. The Kier molecular flexibility index (Phi) is 3.31. The lowest BCUT2D eigenvalue weighted by Crippen LogP contribution is -2.32. The van der Waals surface area contributed by atoms with Crippen molar-refractivity contribution in [2.45, 2.75) is 26.3 Å². The zero-order valence-corrected chi connectivity index (χ0v) is 9.12. The highest BCUT2D eigenvalue weighted by molar-refractivity contribution is 5.10. The van der Waals surface area contributed by atoms with Gasteiger partial charge in [-0.2, -0.15) is 4.39 Å². The first-order chi connectivity index (χ1) is 7.25. The Morgan fingerprint density at radius 1 is 1.47 bits per heavy atom. The lowest BCUT2D eigenvalue weighted by molar-refractivity contribution is 0.183. The number of rotatable bonds is 2. The van der Waals surface area contributed by atoms with Crippen LogP contribution < -0.4 is 0 Å². The fraction of sp³-hybridized carbons (Fsp3) is 0.583. The maximum Gasteiger partial charge on any atom is 0.217 e. The van der Waals surface area contributed by atoms with E-state index >= 15 is 0 Å². The van der Waals surface area contributed by atoms with Crippen LogP contribution in [0.4, 0.5) is 4.39 Å². The third-order valence-electron chi connectivity index (χ3n) is 3.11. The van der Waals surface area contributed by atoms with Crippen LogP contribution in [0.5, 0.6) is 0 Å². The fourth-order valence-electron chi connectivity index (χ4n) is 2.00. The molecule has 2 rings (SSSR count). The summed E-state index contributed by atoms with van der Waals surface area (Å²) in [5.41, 5.74) is 0.715. The minimum absolute atomic E-state index is 0.323. The SMILES string of the molecule is CC1CCN(Cc2cccnc2F)CC1. The van der Waals surface area contributed by atoms with E-state index in [-0.39, 0.29) is 5.95 Å². The molecule has 1 saturated heterocycles. The Morgan fingerprint density at radius 2 is 2.20 bits per heavy atom. The number of halogens is 1. The van der Waals surface area contributed by atoms with E-state index in [1.54, 1.807) is 6.07 Å². The molecular formula is C12H17FN2. The molecule has 1 aromatic rings. The van der Waals surface area contributed by atoms with E-state index in [2.05, 4.69) is 16.8 Å². The molecule has 82 valence electrons. The number of piperidine rings is 1. The second-order valence-electron chi connectivity index (χ2n) is 4.41. The Balaban J connectivity index is 1.95. The van der Waals surface area contributed by atoms with Crippen molar-refractivity contribution in [3.63, 3.8) is 0 Å². The number of aromatic nitrogens is 1. The summed E-state index contributed by atoms with van der Waals surface area (Å²) in [5.74, 6) is 0.496. The lowest BCUT2D eigenvalue weighted by atomic mass is 9.99. The second kappa shape index (κ2) is 4.71. The number of nitrogens with zero attached hydrogens (tertiary/aromatic N) is 2. The summed E-state index contributed by atoms with van der Waals surface area (Å²) in [6.07, 6.45) is 3.95. The van der Waals surface area contributed by atoms with Crippen LogP contribution in [0.1, 0.15) is 25.3 Å². The van der Waals surface area contributed by atoms with Crippen LogP contribution in [0.3, 0.4) is 0 Å². The van der Waals surface area contributed by atoms with Gasteiger partial charge >= 0.3 is 0 Å². The molecule has 0 radical (unpaired) electrons. The van der Waals surface area contributed by atoms with E-state index < -0.39 is 0 Å². The van der Waals surface area contributed by atoms with Crippen molar-refractivity contribution >= 4 is 0 Å². The minimum Gasteiger partial charge on any atom is -0.299 e. The minimum atomic E-state index is -0.323. The topological polar surface area (TPSA) is 16.1 Å². The number of hydrogen-bond acceptors (Lipinski definition) is 2. The molecule has 1 aliphatic heterocycles. The Labute approximate surface area is 90.1 Å². The van der Waals surface area contributed by atoms with Gasteiger partial charge in [-0.1, -0.05) is 13.0 Å². The van der Waals surface area contributed by atoms with Gasteiger partial charge in [-0.05, 0) is 37.9 Å². The maximum absolute atomic E-state index is 13.3. The molecule has 1 aliphatic rings. The monoisotopic (exact) mass is 208 g/mol. The average molecular weight is 208 g/mol. The highest BCUT2D eigenvalue weighted by Crippen LogP contribution is 2.18. The molecule has 2 heterocycles. The van der Waals surface area contributed by atoms with E-state index in [1.165, 1.54) is 19.0 Å². The summed E-state index contributed by atoms with van der Waals surface area (Å²) >= 11 is 0. The van der Waals surface area contributed by atoms with Crippen LogP contribution in [0.25, 0.3) is 0 Å². The summed E-state index contributed by atoms with van der Waals surface area (Å²) in [6, 6.07) is 3.62. The number of likely N-dealkylation sites (tertiary alicyclic amines) is 1. The van der Waals surface area contributed by atoms with E-state index in [4.69, 9.17) is 0 Å². The van der Waals surface area contributed by atoms with Crippen molar-refractivity contribution in [1.29, 1.82) is 0 Å². The van der Waals surface area contributed by atoms with Gasteiger partial charge < -0.3 is 0 Å². The zero-order valence-electron chi connectivity index (χ0n) is 9.12. The first kappa shape index (κ1) is 10.6. The van der Waals surface area contributed by atoms with Gasteiger partial charge in [0.15, 0.2) is 0 Å². The highest BCUT2D eigenvalue weighted by atomic mass is 19.1. The van der Waals surface area contributed by atoms with Crippen LogP contribution in [0.2, 0.25) is 0 Å². The quantitative estimate of drug-likeness (QED) is 0.694. The molecule has 0 aromatic carbocycles. The molecule has 1 aromatic heterocycles. The van der Waals surface area contributed by atoms with Crippen LogP contribution in [-0.4, -0.2) is 23.0 Å². The third-order valence-corrected chi connectivity index (χ3v) is 3.11. The molecule has 3 heteroatoms. The van der Waals surface area contributed by atoms with Gasteiger partial charge in [0.2, 0.25) is 5.95 Å². The van der Waals surface area contributed by atoms with E-state index in [0.717, 1.165) is 19.0 Å². The number of hydrogen-bond donors (Lipinski definition) is 0. The van der Waals surface area contributed by atoms with Gasteiger partial charge in [-0.3, -0.25) is 4.90 Å². The predicted molar refractivity (Wildman–Crippen MR) is 57.9 cm³/mol. The zero-order chi connectivity index (χ0) is 10.7. The van der Waals surface area contributed by atoms with Crippen LogP contribution >= 0.6 is 0 Å². The largest absolute Gasteiger partial charge is 0.299 e. The molecule has 15 heavy (non-hydrogen) atoms. The van der Waals surface area contributed by atoms with Gasteiger partial charge in [0.05, 0.1) is 0 Å². The molecule has 1 fully saturated rings. The molecule has 0 atom stereocenters. The second-order valence-corrected chi connectivity index (χ2v) is 4.41. The van der Waals surface area contributed by atoms with Crippen molar-refractivity contribution in [3.05, 3.63) is 29.8 Å². The normalized spacial score (nSPS) is 19.3. The van der Waals surface area contributed by atoms with E-state index in [9.17, 15) is 4.39 Å². The highest BCUT2D eigenvalue weighted by Gasteiger charge is 2.16. The Bertz CT molecular complexity index is 319. The lowest BCUT2D eigenvalue weighted by Gasteiger charge is -2.30. The van der Waals surface area contributed by atoms with Crippen molar-refractivity contribution < 1.29 is 4.39 Å².